The van der Waals surface area contributed by atoms with E-state index < -0.39 is 11.4 Å². The largest absolute Gasteiger partial charge is 0.481 e. The van der Waals surface area contributed by atoms with Crippen LogP contribution in [-0.2, 0) is 10.2 Å². The molecular formula is C14H14O2S. The molecule has 2 nitrogen and oxygen atoms in total. The average Bonchev–Trinajstić information content (AvgIpc) is 2.83. The van der Waals surface area contributed by atoms with Crippen molar-refractivity contribution in [1.29, 1.82) is 0 Å². The van der Waals surface area contributed by atoms with Crippen molar-refractivity contribution in [1.82, 2.24) is 0 Å². The molecule has 1 aromatic carbocycles. The summed E-state index contributed by atoms with van der Waals surface area (Å²) < 4.78 is 0. The molecule has 0 saturated heterocycles. The highest BCUT2D eigenvalue weighted by atomic mass is 32.1. The molecule has 1 N–H and O–H groups in total. The lowest BCUT2D eigenvalue weighted by Crippen LogP contribution is -2.26. The summed E-state index contributed by atoms with van der Waals surface area (Å²) in [5.74, 6) is -0.773. The maximum atomic E-state index is 11.1. The minimum atomic E-state index is -0.773. The minimum Gasteiger partial charge on any atom is -0.481 e. The van der Waals surface area contributed by atoms with Crippen LogP contribution in [0.15, 0.2) is 47.8 Å². The topological polar surface area (TPSA) is 37.3 Å². The van der Waals surface area contributed by atoms with Gasteiger partial charge in [-0.1, -0.05) is 43.3 Å². The van der Waals surface area contributed by atoms with Crippen LogP contribution in [0.3, 0.4) is 0 Å². The van der Waals surface area contributed by atoms with Crippen molar-refractivity contribution in [2.24, 2.45) is 0 Å². The van der Waals surface area contributed by atoms with Gasteiger partial charge in [-0.15, -0.1) is 11.3 Å². The Morgan fingerprint density at radius 3 is 2.47 bits per heavy atom. The summed E-state index contributed by atoms with van der Waals surface area (Å²) in [5.41, 5.74) is 0.603. The molecule has 0 amide bonds. The molecule has 1 heterocycles. The molecule has 88 valence electrons. The third-order valence-corrected chi connectivity index (χ3v) is 4.11. The number of hydrogen-bond donors (Lipinski definition) is 1. The number of rotatable bonds is 4. The number of thiophene rings is 1. The second kappa shape index (κ2) is 4.72. The van der Waals surface area contributed by atoms with Gasteiger partial charge < -0.3 is 5.11 Å². The number of carboxylic acids is 1. The molecule has 0 aliphatic rings. The zero-order chi connectivity index (χ0) is 12.3. The van der Waals surface area contributed by atoms with Crippen LogP contribution in [0.25, 0.3) is 0 Å². The Labute approximate surface area is 105 Å². The van der Waals surface area contributed by atoms with E-state index in [1.807, 2.05) is 54.8 Å². The van der Waals surface area contributed by atoms with Crippen LogP contribution in [0.4, 0.5) is 0 Å². The first-order chi connectivity index (χ1) is 8.13. The molecule has 1 aromatic heterocycles. The van der Waals surface area contributed by atoms with Crippen LogP contribution in [0.5, 0.6) is 0 Å². The third-order valence-electron chi connectivity index (χ3n) is 2.98. The van der Waals surface area contributed by atoms with Crippen LogP contribution < -0.4 is 0 Å². The zero-order valence-electron chi connectivity index (χ0n) is 9.59. The Kier molecular flexibility index (Phi) is 3.29. The lowest BCUT2D eigenvalue weighted by atomic mass is 9.78. The molecule has 0 bridgehead atoms. The monoisotopic (exact) mass is 246 g/mol. The molecule has 1 unspecified atom stereocenters. The normalized spacial score (nSPS) is 14.2. The second-order valence-electron chi connectivity index (χ2n) is 4.25. The minimum absolute atomic E-state index is 0.109. The van der Waals surface area contributed by atoms with Gasteiger partial charge in [-0.25, -0.2) is 0 Å². The van der Waals surface area contributed by atoms with E-state index in [0.29, 0.717) is 0 Å². The molecule has 0 aliphatic heterocycles. The van der Waals surface area contributed by atoms with Crippen molar-refractivity contribution in [3.8, 4) is 0 Å². The van der Waals surface area contributed by atoms with Gasteiger partial charge in [0.1, 0.15) is 0 Å². The highest BCUT2D eigenvalue weighted by Gasteiger charge is 2.32. The van der Waals surface area contributed by atoms with Gasteiger partial charge in [0.15, 0.2) is 0 Å². The van der Waals surface area contributed by atoms with Crippen molar-refractivity contribution in [3.05, 3.63) is 58.3 Å². The van der Waals surface area contributed by atoms with Crippen LogP contribution in [0, 0.1) is 0 Å². The highest BCUT2D eigenvalue weighted by Crippen LogP contribution is 2.37. The summed E-state index contributed by atoms with van der Waals surface area (Å²) in [4.78, 5) is 12.2. The lowest BCUT2D eigenvalue weighted by Gasteiger charge is -2.27. The second-order valence-corrected chi connectivity index (χ2v) is 5.19. The summed E-state index contributed by atoms with van der Waals surface area (Å²) in [7, 11) is 0. The van der Waals surface area contributed by atoms with Crippen molar-refractivity contribution in [2.45, 2.75) is 18.8 Å². The smallest absolute Gasteiger partial charge is 0.304 e. The first-order valence-electron chi connectivity index (χ1n) is 5.44. The van der Waals surface area contributed by atoms with Gasteiger partial charge in [-0.2, -0.15) is 0 Å². The maximum Gasteiger partial charge on any atom is 0.304 e. The summed E-state index contributed by atoms with van der Waals surface area (Å²) in [6.07, 6.45) is 0.109. The number of hydrogen-bond acceptors (Lipinski definition) is 2. The maximum absolute atomic E-state index is 11.1. The Bertz CT molecular complexity index is 490. The van der Waals surface area contributed by atoms with Crippen LogP contribution >= 0.6 is 11.3 Å². The van der Waals surface area contributed by atoms with E-state index >= 15 is 0 Å². The predicted molar refractivity (Wildman–Crippen MR) is 69.5 cm³/mol. The van der Waals surface area contributed by atoms with Gasteiger partial charge in [0.25, 0.3) is 0 Å². The van der Waals surface area contributed by atoms with Gasteiger partial charge in [0, 0.05) is 10.3 Å². The van der Waals surface area contributed by atoms with Crippen LogP contribution in [-0.4, -0.2) is 11.1 Å². The first kappa shape index (κ1) is 11.9. The van der Waals surface area contributed by atoms with Crippen molar-refractivity contribution < 1.29 is 9.90 Å². The summed E-state index contributed by atoms with van der Waals surface area (Å²) in [6, 6.07) is 13.8. The SMILES string of the molecule is CC(CC(=O)O)(c1ccccc1)c1cccs1. The molecule has 2 rings (SSSR count). The number of carboxylic acid groups (broad SMARTS) is 1. The van der Waals surface area contributed by atoms with E-state index in [9.17, 15) is 4.79 Å². The van der Waals surface area contributed by atoms with Gasteiger partial charge in [-0.05, 0) is 17.0 Å². The molecular weight excluding hydrogens is 232 g/mol. The quantitative estimate of drug-likeness (QED) is 0.896. The Balaban J connectivity index is 2.48. The molecule has 17 heavy (non-hydrogen) atoms. The summed E-state index contributed by atoms with van der Waals surface area (Å²) >= 11 is 1.60. The zero-order valence-corrected chi connectivity index (χ0v) is 10.4. The van der Waals surface area contributed by atoms with Crippen LogP contribution in [0.2, 0.25) is 0 Å². The lowest BCUT2D eigenvalue weighted by molar-refractivity contribution is -0.138. The fourth-order valence-electron chi connectivity index (χ4n) is 2.03. The van der Waals surface area contributed by atoms with Gasteiger partial charge in [0.05, 0.1) is 6.42 Å². The summed E-state index contributed by atoms with van der Waals surface area (Å²) in [6.45, 7) is 1.99. The average molecular weight is 246 g/mol. The van der Waals surface area contributed by atoms with E-state index in [1.165, 1.54) is 0 Å². The molecule has 0 aliphatic carbocycles. The van der Waals surface area contributed by atoms with Crippen molar-refractivity contribution in [2.75, 3.05) is 0 Å². The van der Waals surface area contributed by atoms with E-state index in [-0.39, 0.29) is 6.42 Å². The molecule has 2 aromatic rings. The molecule has 0 fully saturated rings. The fraction of sp³-hybridized carbons (Fsp3) is 0.214. The van der Waals surface area contributed by atoms with E-state index in [1.54, 1.807) is 11.3 Å². The number of aliphatic carboxylic acids is 1. The molecule has 1 atom stereocenters. The molecule has 0 spiro atoms. The predicted octanol–water partition coefficient (Wildman–Crippen LogP) is 3.53. The molecule has 3 heteroatoms. The van der Waals surface area contributed by atoms with Crippen molar-refractivity contribution >= 4 is 17.3 Å². The van der Waals surface area contributed by atoms with E-state index in [4.69, 9.17) is 5.11 Å². The highest BCUT2D eigenvalue weighted by molar-refractivity contribution is 7.10. The van der Waals surface area contributed by atoms with Gasteiger partial charge in [-0.3, -0.25) is 4.79 Å². The van der Waals surface area contributed by atoms with Gasteiger partial charge >= 0.3 is 5.97 Å². The Morgan fingerprint density at radius 1 is 1.24 bits per heavy atom. The standard InChI is InChI=1S/C14H14O2S/c1-14(10-13(15)16,12-8-5-9-17-12)11-6-3-2-4-7-11/h2-9H,10H2,1H3,(H,15,16). The van der Waals surface area contributed by atoms with E-state index in [0.717, 1.165) is 10.4 Å². The Hall–Kier alpha value is -1.61. The van der Waals surface area contributed by atoms with E-state index in [2.05, 4.69) is 0 Å². The Morgan fingerprint density at radius 2 is 1.94 bits per heavy atom. The fourth-order valence-corrected chi connectivity index (χ4v) is 2.94. The van der Waals surface area contributed by atoms with Crippen LogP contribution in [0.1, 0.15) is 23.8 Å². The van der Waals surface area contributed by atoms with Crippen molar-refractivity contribution in [3.63, 3.8) is 0 Å². The van der Waals surface area contributed by atoms with Gasteiger partial charge in [0.2, 0.25) is 0 Å². The number of carbonyl (C=O) groups is 1. The molecule has 0 radical (unpaired) electrons. The first-order valence-corrected chi connectivity index (χ1v) is 6.32. The molecule has 0 saturated carbocycles. The summed E-state index contributed by atoms with van der Waals surface area (Å²) in [5, 5.41) is 11.1. The third kappa shape index (κ3) is 2.39. The number of benzene rings is 1.